The number of fused-ring (bicyclic) bond motifs is 3. The molecular weight excluding hydrogens is 350 g/mol. The van der Waals surface area contributed by atoms with E-state index in [0.29, 0.717) is 29.5 Å². The van der Waals surface area contributed by atoms with Crippen LogP contribution in [0.5, 0.6) is 0 Å². The molecule has 0 saturated carbocycles. The molecule has 2 aromatic rings. The molecule has 0 radical (unpaired) electrons. The molecule has 1 aliphatic rings. The highest BCUT2D eigenvalue weighted by Gasteiger charge is 2.25. The van der Waals surface area contributed by atoms with Crippen molar-refractivity contribution in [2.45, 2.75) is 13.8 Å². The summed E-state index contributed by atoms with van der Waals surface area (Å²) >= 11 is 1.37. The summed E-state index contributed by atoms with van der Waals surface area (Å²) in [6, 6.07) is 0. The molecule has 26 heavy (non-hydrogen) atoms. The van der Waals surface area contributed by atoms with Crippen LogP contribution in [-0.4, -0.2) is 54.3 Å². The predicted molar refractivity (Wildman–Crippen MR) is 108 cm³/mol. The fourth-order valence-corrected chi connectivity index (χ4v) is 3.33. The number of allylic oxidation sites excluding steroid dienone is 2. The second-order valence-corrected chi connectivity index (χ2v) is 6.40. The Kier molecular flexibility index (Phi) is 6.99. The van der Waals surface area contributed by atoms with Crippen LogP contribution in [0.2, 0.25) is 0 Å². The SMILES string of the molecule is C/C=C(\C)N1C=Nc2c(sc3ncnc(NC)c23)C(=O)C1.C=CCOC. The molecule has 8 heteroatoms. The van der Waals surface area contributed by atoms with Gasteiger partial charge in [0.2, 0.25) is 0 Å². The van der Waals surface area contributed by atoms with E-state index in [1.165, 1.54) is 17.7 Å². The maximum Gasteiger partial charge on any atom is 0.194 e. The van der Waals surface area contributed by atoms with E-state index < -0.39 is 0 Å². The predicted octanol–water partition coefficient (Wildman–Crippen LogP) is 3.63. The Morgan fingerprint density at radius 1 is 1.50 bits per heavy atom. The van der Waals surface area contributed by atoms with Crippen molar-refractivity contribution in [1.82, 2.24) is 14.9 Å². The number of methoxy groups -OCH3 is 1. The first kappa shape index (κ1) is 19.7. The van der Waals surface area contributed by atoms with Crippen LogP contribution >= 0.6 is 11.3 Å². The van der Waals surface area contributed by atoms with Gasteiger partial charge in [-0.15, -0.1) is 17.9 Å². The van der Waals surface area contributed by atoms with E-state index in [9.17, 15) is 4.79 Å². The number of ketones is 1. The second-order valence-electron chi connectivity index (χ2n) is 5.40. The van der Waals surface area contributed by atoms with Gasteiger partial charge in [0.15, 0.2) is 5.78 Å². The van der Waals surface area contributed by atoms with Gasteiger partial charge in [0.25, 0.3) is 0 Å². The average Bonchev–Trinajstić information content (AvgIpc) is 2.96. The fraction of sp³-hybridized carbons (Fsp3) is 0.333. The minimum Gasteiger partial charge on any atom is -0.381 e. The summed E-state index contributed by atoms with van der Waals surface area (Å²) in [6.45, 7) is 8.27. The van der Waals surface area contributed by atoms with Crippen molar-refractivity contribution < 1.29 is 9.53 Å². The Hall–Kier alpha value is -2.58. The number of aromatic nitrogens is 2. The summed E-state index contributed by atoms with van der Waals surface area (Å²) in [4.78, 5) is 28.7. The molecule has 0 aliphatic carbocycles. The lowest BCUT2D eigenvalue weighted by Gasteiger charge is -2.16. The van der Waals surface area contributed by atoms with E-state index in [4.69, 9.17) is 0 Å². The fourth-order valence-electron chi connectivity index (χ4n) is 2.31. The summed E-state index contributed by atoms with van der Waals surface area (Å²) in [5.74, 6) is 0.743. The smallest absolute Gasteiger partial charge is 0.194 e. The minimum atomic E-state index is 0.0498. The second kappa shape index (κ2) is 9.21. The Morgan fingerprint density at radius 2 is 2.27 bits per heavy atom. The largest absolute Gasteiger partial charge is 0.381 e. The van der Waals surface area contributed by atoms with Crippen molar-refractivity contribution in [1.29, 1.82) is 0 Å². The highest BCUT2D eigenvalue weighted by molar-refractivity contribution is 7.21. The topological polar surface area (TPSA) is 79.7 Å². The van der Waals surface area contributed by atoms with Crippen LogP contribution < -0.4 is 5.32 Å². The quantitative estimate of drug-likeness (QED) is 0.825. The molecule has 3 heterocycles. The Labute approximate surface area is 157 Å². The van der Waals surface area contributed by atoms with Crippen LogP contribution in [0.4, 0.5) is 11.5 Å². The molecule has 0 atom stereocenters. The third-order valence-corrected chi connectivity index (χ3v) is 4.88. The molecule has 2 aromatic heterocycles. The monoisotopic (exact) mass is 373 g/mol. The van der Waals surface area contributed by atoms with Gasteiger partial charge in [-0.2, -0.15) is 0 Å². The highest BCUT2D eigenvalue weighted by atomic mass is 32.1. The molecule has 0 amide bonds. The summed E-state index contributed by atoms with van der Waals surface area (Å²) in [5.41, 5.74) is 1.66. The molecule has 0 unspecified atom stereocenters. The zero-order chi connectivity index (χ0) is 19.1. The number of rotatable bonds is 4. The van der Waals surface area contributed by atoms with E-state index in [0.717, 1.165) is 15.9 Å². The lowest BCUT2D eigenvalue weighted by atomic mass is 10.2. The zero-order valence-corrected chi connectivity index (χ0v) is 16.3. The first-order valence-electron chi connectivity index (χ1n) is 8.09. The number of aliphatic imine (C=N–C) groups is 1. The number of thiophene rings is 1. The number of Topliss-reactive ketones (excluding diaryl/α,β-unsaturated/α-hetero) is 1. The minimum absolute atomic E-state index is 0.0498. The highest BCUT2D eigenvalue weighted by Crippen LogP contribution is 2.41. The number of carbonyl (C=O) groups excluding carboxylic acids is 1. The lowest BCUT2D eigenvalue weighted by molar-refractivity contribution is 0.0979. The van der Waals surface area contributed by atoms with Crippen LogP contribution in [0.1, 0.15) is 23.5 Å². The Bertz CT molecular complexity index is 857. The van der Waals surface area contributed by atoms with E-state index >= 15 is 0 Å². The van der Waals surface area contributed by atoms with Gasteiger partial charge in [-0.3, -0.25) is 4.79 Å². The van der Waals surface area contributed by atoms with Crippen molar-refractivity contribution in [3.8, 4) is 0 Å². The Balaban J connectivity index is 0.000000431. The van der Waals surface area contributed by atoms with Gasteiger partial charge < -0.3 is 15.0 Å². The van der Waals surface area contributed by atoms with E-state index in [2.05, 4.69) is 31.6 Å². The van der Waals surface area contributed by atoms with Crippen LogP contribution in [0.15, 0.2) is 35.7 Å². The number of hydrogen-bond donors (Lipinski definition) is 1. The van der Waals surface area contributed by atoms with Crippen molar-refractivity contribution in [2.75, 3.05) is 32.6 Å². The number of hydrogen-bond acceptors (Lipinski definition) is 8. The van der Waals surface area contributed by atoms with Gasteiger partial charge in [0.05, 0.1) is 30.6 Å². The number of carbonyl (C=O) groups is 1. The van der Waals surface area contributed by atoms with Crippen molar-refractivity contribution in [2.24, 2.45) is 4.99 Å². The normalized spacial score (nSPS) is 13.8. The first-order valence-corrected chi connectivity index (χ1v) is 8.91. The number of nitrogens with zero attached hydrogens (tertiary/aromatic N) is 4. The van der Waals surface area contributed by atoms with Crippen molar-refractivity contribution in [3.05, 3.63) is 35.6 Å². The molecule has 138 valence electrons. The number of nitrogens with one attached hydrogen (secondary N) is 1. The van der Waals surface area contributed by atoms with Crippen LogP contribution in [-0.2, 0) is 4.74 Å². The van der Waals surface area contributed by atoms with Crippen LogP contribution in [0.3, 0.4) is 0 Å². The van der Waals surface area contributed by atoms with Gasteiger partial charge in [-0.05, 0) is 13.8 Å². The van der Waals surface area contributed by atoms with Crippen molar-refractivity contribution in [3.63, 3.8) is 0 Å². The molecule has 7 nitrogen and oxygen atoms in total. The zero-order valence-electron chi connectivity index (χ0n) is 15.4. The van der Waals surface area contributed by atoms with Gasteiger partial charge in [-0.1, -0.05) is 12.2 Å². The maximum absolute atomic E-state index is 12.5. The van der Waals surface area contributed by atoms with Gasteiger partial charge in [-0.25, -0.2) is 15.0 Å². The molecule has 0 bridgehead atoms. The Morgan fingerprint density at radius 3 is 2.85 bits per heavy atom. The summed E-state index contributed by atoms with van der Waals surface area (Å²) < 4.78 is 4.57. The van der Waals surface area contributed by atoms with E-state index in [1.54, 1.807) is 26.6 Å². The first-order chi connectivity index (χ1) is 12.6. The molecule has 3 rings (SSSR count). The van der Waals surface area contributed by atoms with Gasteiger partial charge in [0.1, 0.15) is 21.9 Å². The van der Waals surface area contributed by atoms with Gasteiger partial charge in [0, 0.05) is 19.9 Å². The third-order valence-electron chi connectivity index (χ3n) is 3.75. The molecule has 1 N–H and O–H groups in total. The number of anilines is 1. The van der Waals surface area contributed by atoms with Gasteiger partial charge >= 0.3 is 0 Å². The summed E-state index contributed by atoms with van der Waals surface area (Å²) in [5, 5.41) is 3.84. The molecule has 1 aliphatic heterocycles. The molecule has 0 fully saturated rings. The van der Waals surface area contributed by atoms with E-state index in [-0.39, 0.29) is 5.78 Å². The summed E-state index contributed by atoms with van der Waals surface area (Å²) in [7, 11) is 3.44. The van der Waals surface area contributed by atoms with E-state index in [1.807, 2.05) is 24.8 Å². The maximum atomic E-state index is 12.5. The van der Waals surface area contributed by atoms with Crippen LogP contribution in [0.25, 0.3) is 10.2 Å². The average molecular weight is 373 g/mol. The molecular formula is C18H23N5O2S. The van der Waals surface area contributed by atoms with Crippen LogP contribution in [0, 0.1) is 0 Å². The molecule has 0 spiro atoms. The van der Waals surface area contributed by atoms with Crippen molar-refractivity contribution >= 4 is 45.2 Å². The summed E-state index contributed by atoms with van der Waals surface area (Å²) in [6.07, 6.45) is 6.87. The standard InChI is InChI=1S/C14H15N5OS.C4H8O/c1-4-8(2)19-5-9(20)12-11(18-7-19)10-13(15-3)16-6-17-14(10)21-12;1-3-4-5-2/h4,6-7H,5H2,1-3H3,(H,15,16,17);3H,1,4H2,2H3/b8-4+;. The molecule has 0 aromatic carbocycles. The molecule has 0 saturated heterocycles. The number of ether oxygens (including phenoxy) is 1. The lowest BCUT2D eigenvalue weighted by Crippen LogP contribution is -2.25. The third kappa shape index (κ3) is 4.14.